The Kier molecular flexibility index (Phi) is 3.20. The minimum atomic E-state index is -1.17. The van der Waals surface area contributed by atoms with Crippen LogP contribution in [0.2, 0.25) is 0 Å². The Hall–Kier alpha value is -2.82. The van der Waals surface area contributed by atoms with E-state index < -0.39 is 11.8 Å². The molecule has 5 heteroatoms. The fourth-order valence-corrected chi connectivity index (χ4v) is 1.73. The first kappa shape index (κ1) is 12.6. The molecule has 0 spiro atoms. The number of carbonyl (C=O) groups is 2. The molecule has 96 valence electrons. The zero-order valence-corrected chi connectivity index (χ0v) is 9.96. The van der Waals surface area contributed by atoms with Crippen LogP contribution >= 0.6 is 0 Å². The van der Waals surface area contributed by atoms with Crippen LogP contribution in [0.25, 0.3) is 0 Å². The molecule has 0 aliphatic heterocycles. The zero-order chi connectivity index (χ0) is 14.0. The molecule has 19 heavy (non-hydrogen) atoms. The summed E-state index contributed by atoms with van der Waals surface area (Å²) < 4.78 is 0. The summed E-state index contributed by atoms with van der Waals surface area (Å²) in [6.45, 7) is 0. The Morgan fingerprint density at radius 2 is 1.42 bits per heavy atom. The quantitative estimate of drug-likeness (QED) is 0.573. The van der Waals surface area contributed by atoms with Gasteiger partial charge in [0.05, 0.1) is 5.56 Å². The molecule has 0 aromatic heterocycles. The molecule has 0 aliphatic carbocycles. The maximum absolute atomic E-state index is 12.3. The molecular weight excluding hydrogens is 244 g/mol. The van der Waals surface area contributed by atoms with E-state index in [-0.39, 0.29) is 11.1 Å². The second-order valence-electron chi connectivity index (χ2n) is 4.06. The highest BCUT2D eigenvalue weighted by molar-refractivity contribution is 6.14. The molecule has 5 N–H and O–H groups in total. The zero-order valence-electron chi connectivity index (χ0n) is 9.96. The lowest BCUT2D eigenvalue weighted by atomic mass is 9.97. The molecule has 0 fully saturated rings. The molecule has 0 saturated carbocycles. The van der Waals surface area contributed by atoms with Crippen molar-refractivity contribution in [2.75, 3.05) is 11.5 Å². The van der Waals surface area contributed by atoms with Crippen LogP contribution in [0.1, 0.15) is 26.3 Å². The van der Waals surface area contributed by atoms with Gasteiger partial charge in [-0.2, -0.15) is 0 Å². The van der Waals surface area contributed by atoms with E-state index in [9.17, 15) is 9.59 Å². The van der Waals surface area contributed by atoms with Crippen LogP contribution in [0.3, 0.4) is 0 Å². The second kappa shape index (κ2) is 4.81. The lowest BCUT2D eigenvalue weighted by Crippen LogP contribution is -2.10. The molecule has 5 nitrogen and oxygen atoms in total. The molecule has 0 atom stereocenters. The van der Waals surface area contributed by atoms with Crippen molar-refractivity contribution in [2.24, 2.45) is 0 Å². The molecule has 0 saturated heterocycles. The van der Waals surface area contributed by atoms with Crippen LogP contribution in [-0.2, 0) is 0 Å². The van der Waals surface area contributed by atoms with Gasteiger partial charge in [0.25, 0.3) is 0 Å². The van der Waals surface area contributed by atoms with Gasteiger partial charge >= 0.3 is 5.97 Å². The number of aromatic carboxylic acids is 1. The highest BCUT2D eigenvalue weighted by Gasteiger charge is 2.18. The SMILES string of the molecule is Nc1ccc(C(=O)c2cc(N)ccc2C(=O)O)cc1. The largest absolute Gasteiger partial charge is 0.478 e. The van der Waals surface area contributed by atoms with Crippen LogP contribution in [0, 0.1) is 0 Å². The molecule has 2 aromatic carbocycles. The number of ketones is 1. The van der Waals surface area contributed by atoms with Gasteiger partial charge in [-0.3, -0.25) is 4.79 Å². The van der Waals surface area contributed by atoms with Crippen molar-refractivity contribution in [3.05, 3.63) is 59.2 Å². The third kappa shape index (κ3) is 2.55. The number of hydrogen-bond donors (Lipinski definition) is 3. The summed E-state index contributed by atoms with van der Waals surface area (Å²) in [7, 11) is 0. The number of carboxylic acids is 1. The van der Waals surface area contributed by atoms with Crippen molar-refractivity contribution in [3.63, 3.8) is 0 Å². The summed E-state index contributed by atoms with van der Waals surface area (Å²) in [5, 5.41) is 9.08. The number of benzene rings is 2. The number of nitrogen functional groups attached to an aromatic ring is 2. The molecular formula is C14H12N2O3. The van der Waals surface area contributed by atoms with Crippen molar-refractivity contribution in [1.29, 1.82) is 0 Å². The van der Waals surface area contributed by atoms with E-state index in [0.717, 1.165) is 0 Å². The van der Waals surface area contributed by atoms with E-state index in [1.165, 1.54) is 18.2 Å². The van der Waals surface area contributed by atoms with Crippen LogP contribution in [-0.4, -0.2) is 16.9 Å². The number of rotatable bonds is 3. The predicted octanol–water partition coefficient (Wildman–Crippen LogP) is 1.78. The summed E-state index contributed by atoms with van der Waals surface area (Å²) in [5.41, 5.74) is 12.4. The van der Waals surface area contributed by atoms with Crippen LogP contribution in [0.5, 0.6) is 0 Å². The first-order valence-electron chi connectivity index (χ1n) is 5.52. The van der Waals surface area contributed by atoms with Gasteiger partial charge in [0.15, 0.2) is 5.78 Å². The topological polar surface area (TPSA) is 106 Å². The van der Waals surface area contributed by atoms with E-state index in [1.54, 1.807) is 24.3 Å². The van der Waals surface area contributed by atoms with Gasteiger partial charge in [0, 0.05) is 22.5 Å². The van der Waals surface area contributed by atoms with E-state index in [2.05, 4.69) is 0 Å². The van der Waals surface area contributed by atoms with E-state index >= 15 is 0 Å². The average molecular weight is 256 g/mol. The Labute approximate surface area is 109 Å². The van der Waals surface area contributed by atoms with Gasteiger partial charge in [0.1, 0.15) is 0 Å². The maximum atomic E-state index is 12.3. The summed E-state index contributed by atoms with van der Waals surface area (Å²) in [6, 6.07) is 10.4. The standard InChI is InChI=1S/C14H12N2O3/c15-9-3-1-8(2-4-9)13(17)12-7-10(16)5-6-11(12)14(18)19/h1-7H,15-16H2,(H,18,19). The number of nitrogens with two attached hydrogens (primary N) is 2. The summed E-state index contributed by atoms with van der Waals surface area (Å²) in [6.07, 6.45) is 0. The highest BCUT2D eigenvalue weighted by Crippen LogP contribution is 2.19. The molecule has 2 rings (SSSR count). The van der Waals surface area contributed by atoms with Crippen LogP contribution in [0.15, 0.2) is 42.5 Å². The van der Waals surface area contributed by atoms with Gasteiger partial charge in [-0.15, -0.1) is 0 Å². The number of carbonyl (C=O) groups excluding carboxylic acids is 1. The predicted molar refractivity (Wildman–Crippen MR) is 72.1 cm³/mol. The normalized spacial score (nSPS) is 10.1. The third-order valence-corrected chi connectivity index (χ3v) is 2.69. The Morgan fingerprint density at radius 1 is 0.842 bits per heavy atom. The smallest absolute Gasteiger partial charge is 0.336 e. The Bertz CT molecular complexity index is 648. The van der Waals surface area contributed by atoms with Gasteiger partial charge in [-0.1, -0.05) is 0 Å². The fraction of sp³-hybridized carbons (Fsp3) is 0. The second-order valence-corrected chi connectivity index (χ2v) is 4.06. The van der Waals surface area contributed by atoms with Crippen molar-refractivity contribution >= 4 is 23.1 Å². The van der Waals surface area contributed by atoms with Crippen LogP contribution in [0.4, 0.5) is 11.4 Å². The molecule has 0 radical (unpaired) electrons. The monoisotopic (exact) mass is 256 g/mol. The molecule has 0 bridgehead atoms. The molecule has 2 aromatic rings. The van der Waals surface area contributed by atoms with Crippen molar-refractivity contribution < 1.29 is 14.7 Å². The van der Waals surface area contributed by atoms with Gasteiger partial charge in [-0.25, -0.2) is 4.79 Å². The summed E-state index contributed by atoms with van der Waals surface area (Å²) >= 11 is 0. The van der Waals surface area contributed by atoms with Gasteiger partial charge < -0.3 is 16.6 Å². The van der Waals surface area contributed by atoms with E-state index in [0.29, 0.717) is 16.9 Å². The Morgan fingerprint density at radius 3 is 2.00 bits per heavy atom. The lowest BCUT2D eigenvalue weighted by Gasteiger charge is -2.07. The van der Waals surface area contributed by atoms with Crippen LogP contribution < -0.4 is 11.5 Å². The van der Waals surface area contributed by atoms with E-state index in [1.807, 2.05) is 0 Å². The molecule has 0 aliphatic rings. The van der Waals surface area contributed by atoms with Crippen molar-refractivity contribution in [1.82, 2.24) is 0 Å². The average Bonchev–Trinajstić information content (AvgIpc) is 2.38. The summed E-state index contributed by atoms with van der Waals surface area (Å²) in [4.78, 5) is 23.4. The third-order valence-electron chi connectivity index (χ3n) is 2.69. The highest BCUT2D eigenvalue weighted by atomic mass is 16.4. The minimum absolute atomic E-state index is 0.0669. The number of anilines is 2. The molecule has 0 amide bonds. The van der Waals surface area contributed by atoms with Crippen molar-refractivity contribution in [2.45, 2.75) is 0 Å². The molecule has 0 heterocycles. The molecule has 0 unspecified atom stereocenters. The number of hydrogen-bond acceptors (Lipinski definition) is 4. The lowest BCUT2D eigenvalue weighted by molar-refractivity contribution is 0.0693. The van der Waals surface area contributed by atoms with Gasteiger partial charge in [0.2, 0.25) is 0 Å². The van der Waals surface area contributed by atoms with Crippen molar-refractivity contribution in [3.8, 4) is 0 Å². The fourth-order valence-electron chi connectivity index (χ4n) is 1.73. The van der Waals surface area contributed by atoms with Gasteiger partial charge in [-0.05, 0) is 42.5 Å². The number of carboxylic acid groups (broad SMARTS) is 1. The van der Waals surface area contributed by atoms with E-state index in [4.69, 9.17) is 16.6 Å². The summed E-state index contributed by atoms with van der Waals surface area (Å²) in [5.74, 6) is -1.57. The minimum Gasteiger partial charge on any atom is -0.478 e. The first-order chi connectivity index (χ1) is 8.99. The Balaban J connectivity index is 2.51. The maximum Gasteiger partial charge on any atom is 0.336 e. The first-order valence-corrected chi connectivity index (χ1v) is 5.52.